The predicted octanol–water partition coefficient (Wildman–Crippen LogP) is 3.34. The van der Waals surface area contributed by atoms with Crippen molar-refractivity contribution in [2.75, 3.05) is 24.5 Å². The van der Waals surface area contributed by atoms with Gasteiger partial charge in [0.15, 0.2) is 0 Å². The van der Waals surface area contributed by atoms with E-state index in [4.69, 9.17) is 0 Å². The Morgan fingerprint density at radius 1 is 1.25 bits per heavy atom. The van der Waals surface area contributed by atoms with Crippen LogP contribution in [0, 0.1) is 6.92 Å². The van der Waals surface area contributed by atoms with Gasteiger partial charge in [-0.1, -0.05) is 45.4 Å². The van der Waals surface area contributed by atoms with Crippen molar-refractivity contribution in [2.45, 2.75) is 54.2 Å². The number of rotatable bonds is 2. The molecule has 0 spiro atoms. The van der Waals surface area contributed by atoms with E-state index in [-0.39, 0.29) is 6.61 Å². The average Bonchev–Trinajstić information content (AvgIpc) is 2.51. The summed E-state index contributed by atoms with van der Waals surface area (Å²) >= 11 is 0. The van der Waals surface area contributed by atoms with Gasteiger partial charge in [-0.15, -0.1) is 0 Å². The van der Waals surface area contributed by atoms with E-state index in [1.807, 2.05) is 27.7 Å². The number of hydrogen-bond donors (Lipinski definition) is 2. The molecule has 1 aromatic carbocycles. The Bertz CT molecular complexity index is 366. The molecular weight excluding hydrogens is 248 g/mol. The van der Waals surface area contributed by atoms with Crippen molar-refractivity contribution in [3.8, 4) is 0 Å². The highest BCUT2D eigenvalue weighted by Crippen LogP contribution is 2.23. The molecule has 1 aliphatic rings. The summed E-state index contributed by atoms with van der Waals surface area (Å²) in [6.45, 7) is 15.4. The quantitative estimate of drug-likeness (QED) is 0.872. The molecule has 1 heterocycles. The third-order valence-electron chi connectivity index (χ3n) is 3.11. The molecule has 0 saturated carbocycles. The Morgan fingerprint density at radius 3 is 2.45 bits per heavy atom. The summed E-state index contributed by atoms with van der Waals surface area (Å²) in [4.78, 5) is 2.35. The van der Waals surface area contributed by atoms with Gasteiger partial charge in [0, 0.05) is 36.9 Å². The molecule has 0 amide bonds. The third kappa shape index (κ3) is 5.51. The van der Waals surface area contributed by atoms with Crippen LogP contribution in [0.5, 0.6) is 0 Å². The van der Waals surface area contributed by atoms with Crippen LogP contribution in [0.15, 0.2) is 18.2 Å². The minimum absolute atomic E-state index is 0.120. The lowest BCUT2D eigenvalue weighted by Gasteiger charge is -2.34. The van der Waals surface area contributed by atoms with E-state index in [1.54, 1.807) is 0 Å². The Labute approximate surface area is 125 Å². The van der Waals surface area contributed by atoms with Crippen LogP contribution in [0.4, 0.5) is 5.69 Å². The van der Waals surface area contributed by atoms with E-state index in [2.05, 4.69) is 42.3 Å². The topological polar surface area (TPSA) is 35.5 Å². The minimum atomic E-state index is 0.120. The van der Waals surface area contributed by atoms with Crippen LogP contribution in [0.2, 0.25) is 0 Å². The molecule has 0 aromatic heterocycles. The normalized spacial score (nSPS) is 17.6. The van der Waals surface area contributed by atoms with Crippen molar-refractivity contribution in [3.05, 3.63) is 29.3 Å². The molecular formula is C17H32N2O. The molecule has 1 aliphatic heterocycles. The van der Waals surface area contributed by atoms with Crippen LogP contribution in [0.25, 0.3) is 0 Å². The van der Waals surface area contributed by atoms with Gasteiger partial charge in [-0.3, -0.25) is 0 Å². The molecule has 3 heteroatoms. The SMILES string of the molecule is CC.CC.Cc1ccc(N2CCNC(C)C2)c(CO)c1. The molecule has 0 bridgehead atoms. The van der Waals surface area contributed by atoms with Crippen LogP contribution in [-0.2, 0) is 6.61 Å². The monoisotopic (exact) mass is 280 g/mol. The Balaban J connectivity index is 0.000000829. The summed E-state index contributed by atoms with van der Waals surface area (Å²) in [5.41, 5.74) is 3.42. The number of piperazine rings is 1. The van der Waals surface area contributed by atoms with Crippen molar-refractivity contribution in [1.82, 2.24) is 5.32 Å². The molecule has 20 heavy (non-hydrogen) atoms. The fourth-order valence-corrected chi connectivity index (χ4v) is 2.30. The maximum atomic E-state index is 9.40. The van der Waals surface area contributed by atoms with Crippen LogP contribution in [0.1, 0.15) is 45.7 Å². The van der Waals surface area contributed by atoms with E-state index in [0.29, 0.717) is 6.04 Å². The second-order valence-corrected chi connectivity index (χ2v) is 4.59. The van der Waals surface area contributed by atoms with Crippen molar-refractivity contribution in [2.24, 2.45) is 0 Å². The second kappa shape index (κ2) is 10.7. The van der Waals surface area contributed by atoms with Gasteiger partial charge in [-0.05, 0) is 19.9 Å². The number of aliphatic hydroxyl groups is 1. The van der Waals surface area contributed by atoms with Gasteiger partial charge in [0.2, 0.25) is 0 Å². The highest BCUT2D eigenvalue weighted by Gasteiger charge is 2.17. The van der Waals surface area contributed by atoms with Gasteiger partial charge in [-0.2, -0.15) is 0 Å². The first-order valence-corrected chi connectivity index (χ1v) is 7.89. The van der Waals surface area contributed by atoms with Gasteiger partial charge in [0.25, 0.3) is 0 Å². The van der Waals surface area contributed by atoms with Gasteiger partial charge >= 0.3 is 0 Å². The van der Waals surface area contributed by atoms with Crippen LogP contribution >= 0.6 is 0 Å². The summed E-state index contributed by atoms with van der Waals surface area (Å²) in [6, 6.07) is 6.82. The fourth-order valence-electron chi connectivity index (χ4n) is 2.30. The maximum Gasteiger partial charge on any atom is 0.0702 e. The van der Waals surface area contributed by atoms with E-state index >= 15 is 0 Å². The van der Waals surface area contributed by atoms with Crippen LogP contribution in [0.3, 0.4) is 0 Å². The lowest BCUT2D eigenvalue weighted by molar-refractivity contribution is 0.281. The standard InChI is InChI=1S/C13H20N2O.2C2H6/c1-10-3-4-13(12(7-10)9-16)15-6-5-14-11(2)8-15;2*1-2/h3-4,7,11,14,16H,5-6,8-9H2,1-2H3;2*1-2H3. The van der Waals surface area contributed by atoms with E-state index in [0.717, 1.165) is 25.2 Å². The number of aryl methyl sites for hydroxylation is 1. The van der Waals surface area contributed by atoms with Gasteiger partial charge in [0.1, 0.15) is 0 Å². The predicted molar refractivity (Wildman–Crippen MR) is 89.5 cm³/mol. The first-order valence-electron chi connectivity index (χ1n) is 7.89. The number of anilines is 1. The third-order valence-corrected chi connectivity index (χ3v) is 3.11. The molecule has 3 nitrogen and oxygen atoms in total. The Morgan fingerprint density at radius 2 is 1.90 bits per heavy atom. The maximum absolute atomic E-state index is 9.40. The molecule has 1 unspecified atom stereocenters. The average molecular weight is 280 g/mol. The zero-order valence-electron chi connectivity index (χ0n) is 14.0. The summed E-state index contributed by atoms with van der Waals surface area (Å²) in [7, 11) is 0. The summed E-state index contributed by atoms with van der Waals surface area (Å²) < 4.78 is 0. The zero-order chi connectivity index (χ0) is 15.5. The molecule has 1 fully saturated rings. The van der Waals surface area contributed by atoms with Gasteiger partial charge in [-0.25, -0.2) is 0 Å². The number of hydrogen-bond acceptors (Lipinski definition) is 3. The zero-order valence-corrected chi connectivity index (χ0v) is 14.0. The van der Waals surface area contributed by atoms with Crippen molar-refractivity contribution < 1.29 is 5.11 Å². The molecule has 116 valence electrons. The van der Waals surface area contributed by atoms with Crippen molar-refractivity contribution in [3.63, 3.8) is 0 Å². The van der Waals surface area contributed by atoms with Gasteiger partial charge < -0.3 is 15.3 Å². The molecule has 1 atom stereocenters. The van der Waals surface area contributed by atoms with Gasteiger partial charge in [0.05, 0.1) is 6.61 Å². The smallest absolute Gasteiger partial charge is 0.0702 e. The molecule has 2 rings (SSSR count). The summed E-state index contributed by atoms with van der Waals surface area (Å²) in [5, 5.41) is 12.8. The summed E-state index contributed by atoms with van der Waals surface area (Å²) in [6.07, 6.45) is 0. The van der Waals surface area contributed by atoms with E-state index in [9.17, 15) is 5.11 Å². The number of nitrogens with zero attached hydrogens (tertiary/aromatic N) is 1. The Kier molecular flexibility index (Phi) is 10.1. The van der Waals surface area contributed by atoms with Crippen LogP contribution < -0.4 is 10.2 Å². The molecule has 1 aromatic rings. The fraction of sp³-hybridized carbons (Fsp3) is 0.647. The van der Waals surface area contributed by atoms with Crippen molar-refractivity contribution >= 4 is 5.69 Å². The molecule has 0 radical (unpaired) electrons. The number of nitrogens with one attached hydrogen (secondary N) is 1. The van der Waals surface area contributed by atoms with E-state index in [1.165, 1.54) is 11.3 Å². The summed E-state index contributed by atoms with van der Waals surface area (Å²) in [5.74, 6) is 0. The number of aliphatic hydroxyl groups excluding tert-OH is 1. The highest BCUT2D eigenvalue weighted by atomic mass is 16.3. The van der Waals surface area contributed by atoms with Crippen molar-refractivity contribution in [1.29, 1.82) is 0 Å². The first kappa shape index (κ1) is 18.9. The minimum Gasteiger partial charge on any atom is -0.392 e. The largest absolute Gasteiger partial charge is 0.392 e. The van der Waals surface area contributed by atoms with E-state index < -0.39 is 0 Å². The number of benzene rings is 1. The first-order chi connectivity index (χ1) is 9.70. The second-order valence-electron chi connectivity index (χ2n) is 4.59. The highest BCUT2D eigenvalue weighted by molar-refractivity contribution is 5.55. The lowest BCUT2D eigenvalue weighted by atomic mass is 10.1. The lowest BCUT2D eigenvalue weighted by Crippen LogP contribution is -2.49. The molecule has 0 aliphatic carbocycles. The molecule has 2 N–H and O–H groups in total. The molecule has 1 saturated heterocycles. The van der Waals surface area contributed by atoms with Crippen LogP contribution in [-0.4, -0.2) is 30.8 Å². The Hall–Kier alpha value is -1.06.